The maximum Gasteiger partial charge on any atom is 0.257 e. The third-order valence-electron chi connectivity index (χ3n) is 3.54. The molecule has 1 aliphatic rings. The average Bonchev–Trinajstić information content (AvgIpc) is 2.96. The van der Waals surface area contributed by atoms with Crippen molar-refractivity contribution in [3.05, 3.63) is 53.1 Å². The van der Waals surface area contributed by atoms with Gasteiger partial charge in [-0.1, -0.05) is 0 Å². The van der Waals surface area contributed by atoms with E-state index in [0.717, 1.165) is 23.9 Å². The highest BCUT2D eigenvalue weighted by molar-refractivity contribution is 5.94. The Bertz CT molecular complexity index is 702. The van der Waals surface area contributed by atoms with Crippen LogP contribution in [0.3, 0.4) is 0 Å². The zero-order chi connectivity index (χ0) is 15.7. The van der Waals surface area contributed by atoms with E-state index in [9.17, 15) is 13.6 Å². The molecule has 2 aromatic rings. The van der Waals surface area contributed by atoms with Crippen LogP contribution in [0.5, 0.6) is 0 Å². The zero-order valence-electron chi connectivity index (χ0n) is 12.0. The van der Waals surface area contributed by atoms with Gasteiger partial charge in [0.1, 0.15) is 23.6 Å². The van der Waals surface area contributed by atoms with Crippen molar-refractivity contribution in [2.24, 2.45) is 0 Å². The Labute approximate surface area is 125 Å². The van der Waals surface area contributed by atoms with Crippen LogP contribution in [0.4, 0.5) is 8.78 Å². The fourth-order valence-corrected chi connectivity index (χ4v) is 2.43. The van der Waals surface area contributed by atoms with Crippen LogP contribution in [0.25, 0.3) is 0 Å². The number of morpholine rings is 1. The van der Waals surface area contributed by atoms with Gasteiger partial charge in [0.05, 0.1) is 18.7 Å². The van der Waals surface area contributed by atoms with Gasteiger partial charge in [-0.15, -0.1) is 0 Å². The minimum atomic E-state index is -0.733. The highest BCUT2D eigenvalue weighted by Crippen LogP contribution is 2.22. The second-order valence-corrected chi connectivity index (χ2v) is 5.19. The number of rotatable bonds is 2. The van der Waals surface area contributed by atoms with Crippen molar-refractivity contribution in [3.8, 4) is 0 Å². The van der Waals surface area contributed by atoms with Gasteiger partial charge < -0.3 is 14.6 Å². The summed E-state index contributed by atoms with van der Waals surface area (Å²) in [5.41, 5.74) is 0.620. The molecule has 0 spiro atoms. The molecule has 0 bridgehead atoms. The number of ether oxygens (including phenoxy) is 1. The predicted molar refractivity (Wildman–Crippen MR) is 74.3 cm³/mol. The van der Waals surface area contributed by atoms with Crippen LogP contribution < -0.4 is 0 Å². The third kappa shape index (κ3) is 2.85. The number of benzene rings is 1. The SMILES string of the molecule is Cc1cnc(C2CN(C(=O)c3cc(F)ccc3F)CCO2)[nH]1. The lowest BCUT2D eigenvalue weighted by Crippen LogP contribution is -2.42. The summed E-state index contributed by atoms with van der Waals surface area (Å²) in [5.74, 6) is -1.30. The quantitative estimate of drug-likeness (QED) is 0.925. The molecule has 116 valence electrons. The standard InChI is InChI=1S/C15H15F2N3O2/c1-9-7-18-14(19-9)13-8-20(4-5-22-13)15(21)11-6-10(16)2-3-12(11)17/h2-3,6-7,13H,4-5,8H2,1H3,(H,18,19). The molecule has 1 fully saturated rings. The zero-order valence-corrected chi connectivity index (χ0v) is 12.0. The lowest BCUT2D eigenvalue weighted by atomic mass is 10.1. The molecule has 0 aliphatic carbocycles. The van der Waals surface area contributed by atoms with Crippen molar-refractivity contribution in [3.63, 3.8) is 0 Å². The van der Waals surface area contributed by atoms with E-state index in [-0.39, 0.29) is 12.1 Å². The number of hydrogen-bond acceptors (Lipinski definition) is 3. The molecule has 1 unspecified atom stereocenters. The van der Waals surface area contributed by atoms with E-state index in [2.05, 4.69) is 9.97 Å². The van der Waals surface area contributed by atoms with Crippen LogP contribution in [-0.4, -0.2) is 40.5 Å². The van der Waals surface area contributed by atoms with Gasteiger partial charge in [0.2, 0.25) is 0 Å². The summed E-state index contributed by atoms with van der Waals surface area (Å²) in [6.45, 7) is 2.74. The maximum absolute atomic E-state index is 13.7. The van der Waals surface area contributed by atoms with Crippen LogP contribution >= 0.6 is 0 Å². The summed E-state index contributed by atoms with van der Waals surface area (Å²) in [7, 11) is 0. The lowest BCUT2D eigenvalue weighted by Gasteiger charge is -2.32. The van der Waals surface area contributed by atoms with Crippen LogP contribution in [0.1, 0.15) is 28.0 Å². The fourth-order valence-electron chi connectivity index (χ4n) is 2.43. The van der Waals surface area contributed by atoms with Crippen molar-refractivity contribution in [1.29, 1.82) is 0 Å². The smallest absolute Gasteiger partial charge is 0.257 e. The molecule has 1 amide bonds. The minimum absolute atomic E-state index is 0.238. The molecule has 1 aliphatic heterocycles. The Hall–Kier alpha value is -2.28. The molecular weight excluding hydrogens is 292 g/mol. The van der Waals surface area contributed by atoms with E-state index in [1.807, 2.05) is 6.92 Å². The fraction of sp³-hybridized carbons (Fsp3) is 0.333. The summed E-state index contributed by atoms with van der Waals surface area (Å²) >= 11 is 0. The Balaban J connectivity index is 1.79. The van der Waals surface area contributed by atoms with Gasteiger partial charge in [0.15, 0.2) is 0 Å². The number of carbonyl (C=O) groups excluding carboxylic acids is 1. The first-order chi connectivity index (χ1) is 10.5. The van der Waals surface area contributed by atoms with Gasteiger partial charge in [-0.2, -0.15) is 0 Å². The molecule has 0 saturated carbocycles. The molecule has 3 rings (SSSR count). The molecular formula is C15H15F2N3O2. The van der Waals surface area contributed by atoms with Crippen molar-refractivity contribution in [2.75, 3.05) is 19.7 Å². The normalized spacial score (nSPS) is 18.5. The van der Waals surface area contributed by atoms with E-state index in [0.29, 0.717) is 19.0 Å². The second-order valence-electron chi connectivity index (χ2n) is 5.19. The average molecular weight is 307 g/mol. The molecule has 1 aromatic heterocycles. The number of aromatic nitrogens is 2. The molecule has 1 atom stereocenters. The largest absolute Gasteiger partial charge is 0.367 e. The van der Waals surface area contributed by atoms with Crippen molar-refractivity contribution in [1.82, 2.24) is 14.9 Å². The Morgan fingerprint density at radius 1 is 1.45 bits per heavy atom. The van der Waals surface area contributed by atoms with E-state index in [4.69, 9.17) is 4.74 Å². The lowest BCUT2D eigenvalue weighted by molar-refractivity contribution is -0.0266. The molecule has 22 heavy (non-hydrogen) atoms. The molecule has 2 heterocycles. The summed E-state index contributed by atoms with van der Waals surface area (Å²) in [6.07, 6.45) is 1.27. The van der Waals surface area contributed by atoms with E-state index >= 15 is 0 Å². The Morgan fingerprint density at radius 2 is 2.27 bits per heavy atom. The number of imidazole rings is 1. The van der Waals surface area contributed by atoms with Crippen LogP contribution in [0.15, 0.2) is 24.4 Å². The van der Waals surface area contributed by atoms with E-state index in [1.54, 1.807) is 6.20 Å². The molecule has 7 heteroatoms. The van der Waals surface area contributed by atoms with Crippen molar-refractivity contribution in [2.45, 2.75) is 13.0 Å². The highest BCUT2D eigenvalue weighted by atomic mass is 19.1. The number of hydrogen-bond donors (Lipinski definition) is 1. The number of H-pyrrole nitrogens is 1. The van der Waals surface area contributed by atoms with Crippen molar-refractivity contribution >= 4 is 5.91 Å². The van der Waals surface area contributed by atoms with Crippen LogP contribution in [-0.2, 0) is 4.74 Å². The van der Waals surface area contributed by atoms with Crippen molar-refractivity contribution < 1.29 is 18.3 Å². The summed E-state index contributed by atoms with van der Waals surface area (Å²) < 4.78 is 32.6. The maximum atomic E-state index is 13.7. The first kappa shape index (κ1) is 14.6. The number of nitrogens with zero attached hydrogens (tertiary/aromatic N) is 2. The van der Waals surface area contributed by atoms with E-state index < -0.39 is 23.6 Å². The van der Waals surface area contributed by atoms with E-state index in [1.165, 1.54) is 4.90 Å². The van der Waals surface area contributed by atoms with Gasteiger partial charge in [0.25, 0.3) is 5.91 Å². The summed E-state index contributed by atoms with van der Waals surface area (Å²) in [4.78, 5) is 21.1. The van der Waals surface area contributed by atoms with Gasteiger partial charge in [-0.3, -0.25) is 4.79 Å². The number of aromatic amines is 1. The molecule has 1 N–H and O–H groups in total. The number of nitrogens with one attached hydrogen (secondary N) is 1. The monoisotopic (exact) mass is 307 g/mol. The Morgan fingerprint density at radius 3 is 3.00 bits per heavy atom. The molecule has 1 aromatic carbocycles. The van der Waals surface area contributed by atoms with Gasteiger partial charge >= 0.3 is 0 Å². The summed E-state index contributed by atoms with van der Waals surface area (Å²) in [5, 5.41) is 0. The minimum Gasteiger partial charge on any atom is -0.367 e. The first-order valence-electron chi connectivity index (χ1n) is 6.92. The third-order valence-corrected chi connectivity index (χ3v) is 3.54. The number of carbonyl (C=O) groups is 1. The number of halogens is 2. The van der Waals surface area contributed by atoms with Gasteiger partial charge in [-0.25, -0.2) is 13.8 Å². The highest BCUT2D eigenvalue weighted by Gasteiger charge is 2.29. The number of amides is 1. The second kappa shape index (κ2) is 5.84. The molecule has 0 radical (unpaired) electrons. The predicted octanol–water partition coefficient (Wildman–Crippen LogP) is 2.21. The summed E-state index contributed by atoms with van der Waals surface area (Å²) in [6, 6.07) is 2.86. The molecule has 1 saturated heterocycles. The van der Waals surface area contributed by atoms with Gasteiger partial charge in [0, 0.05) is 18.4 Å². The first-order valence-corrected chi connectivity index (χ1v) is 6.92. The topological polar surface area (TPSA) is 58.2 Å². The molecule has 5 nitrogen and oxygen atoms in total. The number of aryl methyl sites for hydroxylation is 1. The Kier molecular flexibility index (Phi) is 3.89. The van der Waals surface area contributed by atoms with Crippen LogP contribution in [0.2, 0.25) is 0 Å². The van der Waals surface area contributed by atoms with Gasteiger partial charge in [-0.05, 0) is 25.1 Å². The van der Waals surface area contributed by atoms with Crippen LogP contribution in [0, 0.1) is 18.6 Å².